The molecule has 1 aromatic carbocycles. The van der Waals surface area contributed by atoms with Gasteiger partial charge in [0, 0.05) is 18.5 Å². The van der Waals surface area contributed by atoms with Crippen LogP contribution in [0, 0.1) is 0 Å². The average Bonchev–Trinajstić information content (AvgIpc) is 3.36. The maximum Gasteiger partial charge on any atom is 0.249 e. The van der Waals surface area contributed by atoms with Crippen LogP contribution in [0.4, 0.5) is 5.82 Å². The van der Waals surface area contributed by atoms with E-state index in [2.05, 4.69) is 35.6 Å². The SMILES string of the molecule is CNC(=O)C1OC(n2cnc3c(NCCc4ccccc4)ncnc32)C(O)C1N=[N+]=[N-]. The number of hydrogen-bond acceptors (Lipinski definition) is 8. The van der Waals surface area contributed by atoms with Gasteiger partial charge in [0.05, 0.1) is 6.33 Å². The molecule has 3 N–H and O–H groups in total. The van der Waals surface area contributed by atoms with Gasteiger partial charge in [0.25, 0.3) is 0 Å². The Morgan fingerprint density at radius 1 is 1.32 bits per heavy atom. The third-order valence-corrected chi connectivity index (χ3v) is 5.11. The lowest BCUT2D eigenvalue weighted by Crippen LogP contribution is -2.40. The van der Waals surface area contributed by atoms with Gasteiger partial charge >= 0.3 is 0 Å². The molecule has 0 saturated carbocycles. The van der Waals surface area contributed by atoms with E-state index in [0.717, 1.165) is 6.42 Å². The summed E-state index contributed by atoms with van der Waals surface area (Å²) < 4.78 is 7.24. The van der Waals surface area contributed by atoms with Crippen molar-refractivity contribution in [2.45, 2.75) is 30.9 Å². The highest BCUT2D eigenvalue weighted by molar-refractivity contribution is 5.83. The van der Waals surface area contributed by atoms with Crippen molar-refractivity contribution in [3.05, 3.63) is 59.0 Å². The Bertz CT molecular complexity index is 1110. The fourth-order valence-electron chi connectivity index (χ4n) is 3.57. The lowest BCUT2D eigenvalue weighted by molar-refractivity contribution is -0.134. The minimum atomic E-state index is -1.26. The first kappa shape index (κ1) is 20.5. The van der Waals surface area contributed by atoms with Gasteiger partial charge in [-0.2, -0.15) is 0 Å². The van der Waals surface area contributed by atoms with Gasteiger partial charge in [-0.3, -0.25) is 9.36 Å². The molecule has 12 heteroatoms. The summed E-state index contributed by atoms with van der Waals surface area (Å²) in [7, 11) is 1.44. The molecule has 3 aromatic rings. The molecule has 4 unspecified atom stereocenters. The summed E-state index contributed by atoms with van der Waals surface area (Å²) in [6, 6.07) is 8.96. The maximum atomic E-state index is 12.1. The minimum Gasteiger partial charge on any atom is -0.388 e. The van der Waals surface area contributed by atoms with Crippen molar-refractivity contribution in [1.29, 1.82) is 0 Å². The number of rotatable bonds is 7. The zero-order valence-electron chi connectivity index (χ0n) is 16.7. The molecular weight excluding hydrogens is 402 g/mol. The molecule has 0 radical (unpaired) electrons. The lowest BCUT2D eigenvalue weighted by atomic mass is 10.1. The van der Waals surface area contributed by atoms with Crippen LogP contribution in [-0.2, 0) is 16.0 Å². The van der Waals surface area contributed by atoms with E-state index in [1.54, 1.807) is 0 Å². The first-order valence-electron chi connectivity index (χ1n) is 9.68. The monoisotopic (exact) mass is 423 g/mol. The highest BCUT2D eigenvalue weighted by Crippen LogP contribution is 2.34. The number of benzene rings is 1. The Kier molecular flexibility index (Phi) is 5.94. The highest BCUT2D eigenvalue weighted by Gasteiger charge is 2.48. The van der Waals surface area contributed by atoms with E-state index in [9.17, 15) is 9.90 Å². The Morgan fingerprint density at radius 2 is 2.13 bits per heavy atom. The molecule has 2 aromatic heterocycles. The Hall–Kier alpha value is -3.73. The van der Waals surface area contributed by atoms with Gasteiger partial charge in [-0.1, -0.05) is 35.4 Å². The van der Waals surface area contributed by atoms with E-state index in [4.69, 9.17) is 10.3 Å². The number of aliphatic hydroxyl groups is 1. The summed E-state index contributed by atoms with van der Waals surface area (Å²) in [5.41, 5.74) is 10.9. The molecule has 3 heterocycles. The molecule has 160 valence electrons. The summed E-state index contributed by atoms with van der Waals surface area (Å²) in [4.78, 5) is 27.7. The van der Waals surface area contributed by atoms with Crippen LogP contribution in [0.15, 0.2) is 48.1 Å². The number of aromatic nitrogens is 4. The topological polar surface area (TPSA) is 163 Å². The summed E-state index contributed by atoms with van der Waals surface area (Å²) in [5.74, 6) is 0.0443. The van der Waals surface area contributed by atoms with Crippen molar-refractivity contribution in [3.8, 4) is 0 Å². The van der Waals surface area contributed by atoms with Crippen molar-refractivity contribution < 1.29 is 14.6 Å². The van der Waals surface area contributed by atoms with E-state index in [-0.39, 0.29) is 0 Å². The second-order valence-corrected chi connectivity index (χ2v) is 6.96. The van der Waals surface area contributed by atoms with Crippen LogP contribution in [0.5, 0.6) is 0 Å². The van der Waals surface area contributed by atoms with Crippen LogP contribution in [0.1, 0.15) is 11.8 Å². The zero-order chi connectivity index (χ0) is 21.8. The van der Waals surface area contributed by atoms with Crippen molar-refractivity contribution in [2.24, 2.45) is 5.11 Å². The molecular formula is C19H21N9O3. The highest BCUT2D eigenvalue weighted by atomic mass is 16.5. The van der Waals surface area contributed by atoms with Crippen LogP contribution >= 0.6 is 0 Å². The first-order valence-corrected chi connectivity index (χ1v) is 9.68. The van der Waals surface area contributed by atoms with Gasteiger partial charge in [-0.15, -0.1) is 0 Å². The molecule has 1 fully saturated rings. The number of hydrogen-bond donors (Lipinski definition) is 3. The van der Waals surface area contributed by atoms with Gasteiger partial charge in [-0.25, -0.2) is 15.0 Å². The largest absolute Gasteiger partial charge is 0.388 e. The first-order chi connectivity index (χ1) is 15.1. The average molecular weight is 423 g/mol. The van der Waals surface area contributed by atoms with E-state index in [1.165, 1.54) is 29.8 Å². The molecule has 0 aliphatic carbocycles. The number of carbonyl (C=O) groups is 1. The number of likely N-dealkylation sites (N-methyl/N-ethyl adjacent to an activating group) is 1. The number of nitrogens with one attached hydrogen (secondary N) is 2. The molecule has 0 spiro atoms. The molecule has 1 aliphatic rings. The van der Waals surface area contributed by atoms with Crippen LogP contribution in [0.2, 0.25) is 0 Å². The van der Waals surface area contributed by atoms with Crippen molar-refractivity contribution in [2.75, 3.05) is 18.9 Å². The van der Waals surface area contributed by atoms with E-state index in [0.29, 0.717) is 23.5 Å². The molecule has 1 saturated heterocycles. The van der Waals surface area contributed by atoms with E-state index in [1.807, 2.05) is 30.3 Å². The molecule has 0 bridgehead atoms. The smallest absolute Gasteiger partial charge is 0.249 e. The fraction of sp³-hybridized carbons (Fsp3) is 0.368. The number of fused-ring (bicyclic) bond motifs is 1. The van der Waals surface area contributed by atoms with Crippen LogP contribution in [0.25, 0.3) is 21.6 Å². The normalized spacial score (nSPS) is 22.8. The molecule has 31 heavy (non-hydrogen) atoms. The second kappa shape index (κ2) is 8.96. The molecule has 1 aliphatic heterocycles. The van der Waals surface area contributed by atoms with Crippen LogP contribution in [0.3, 0.4) is 0 Å². The quantitative estimate of drug-likeness (QED) is 0.292. The fourth-order valence-corrected chi connectivity index (χ4v) is 3.57. The number of anilines is 1. The zero-order valence-corrected chi connectivity index (χ0v) is 16.7. The van der Waals surface area contributed by atoms with Gasteiger partial charge < -0.3 is 20.5 Å². The van der Waals surface area contributed by atoms with Crippen molar-refractivity contribution >= 4 is 22.9 Å². The molecule has 1 amide bonds. The Morgan fingerprint density at radius 3 is 2.87 bits per heavy atom. The van der Waals surface area contributed by atoms with Crippen LogP contribution < -0.4 is 10.6 Å². The summed E-state index contributed by atoms with van der Waals surface area (Å²) >= 11 is 0. The predicted molar refractivity (Wildman–Crippen MR) is 111 cm³/mol. The number of ether oxygens (including phenoxy) is 1. The van der Waals surface area contributed by atoms with E-state index >= 15 is 0 Å². The summed E-state index contributed by atoms with van der Waals surface area (Å²) in [6.07, 6.45) is 0.237. The van der Waals surface area contributed by atoms with Crippen molar-refractivity contribution in [3.63, 3.8) is 0 Å². The summed E-state index contributed by atoms with van der Waals surface area (Å²) in [5, 5.41) is 19.9. The predicted octanol–water partition coefficient (Wildman–Crippen LogP) is 1.16. The van der Waals surface area contributed by atoms with Gasteiger partial charge in [0.1, 0.15) is 24.6 Å². The Labute approximate surface area is 176 Å². The molecule has 4 atom stereocenters. The number of imidazole rings is 1. The number of nitrogens with zero attached hydrogens (tertiary/aromatic N) is 7. The Balaban J connectivity index is 1.57. The lowest BCUT2D eigenvalue weighted by Gasteiger charge is -2.16. The third-order valence-electron chi connectivity index (χ3n) is 5.11. The molecule has 12 nitrogen and oxygen atoms in total. The molecule has 4 rings (SSSR count). The van der Waals surface area contributed by atoms with Crippen molar-refractivity contribution in [1.82, 2.24) is 24.8 Å². The van der Waals surface area contributed by atoms with Gasteiger partial charge in [-0.05, 0) is 17.5 Å². The third kappa shape index (κ3) is 3.99. The standard InChI is InChI=1S/C19H21N9O3/c1-21-18(30)15-12(26-27-20)14(29)19(31-15)28-10-25-13-16(23-9-24-17(13)28)22-8-7-11-5-3-2-4-6-11/h2-6,9-10,12,14-15,19,29H,7-8H2,1H3,(H,21,30)(H,22,23,24). The van der Waals surface area contributed by atoms with Crippen LogP contribution in [-0.4, -0.2) is 62.4 Å². The maximum absolute atomic E-state index is 12.1. The summed E-state index contributed by atoms with van der Waals surface area (Å²) in [6.45, 7) is 0.642. The van der Waals surface area contributed by atoms with Gasteiger partial charge in [0.2, 0.25) is 5.91 Å². The second-order valence-electron chi connectivity index (χ2n) is 6.96. The number of aliphatic hydroxyl groups excluding tert-OH is 1. The number of azide groups is 1. The number of amides is 1. The van der Waals surface area contributed by atoms with E-state index < -0.39 is 30.4 Å². The van der Waals surface area contributed by atoms with Gasteiger partial charge in [0.15, 0.2) is 23.2 Å². The minimum absolute atomic E-state index is 0.415. The number of carbonyl (C=O) groups excluding carboxylic acids is 1.